The molecule has 1 N–H and O–H groups in total. The Morgan fingerprint density at radius 2 is 0.600 bits per heavy atom. The number of carbonyl (C=O) groups is 2. The summed E-state index contributed by atoms with van der Waals surface area (Å²) in [7, 11) is 1.45. The highest BCUT2D eigenvalue weighted by Crippen LogP contribution is 2.43. The van der Waals surface area contributed by atoms with Gasteiger partial charge >= 0.3 is 19.8 Å². The van der Waals surface area contributed by atoms with Gasteiger partial charge in [0.25, 0.3) is 0 Å². The number of unbranched alkanes of at least 4 members (excludes halogenated alkanes) is 31. The summed E-state index contributed by atoms with van der Waals surface area (Å²) < 4.78 is 34.7. The van der Waals surface area contributed by atoms with Gasteiger partial charge in [-0.25, -0.2) is 4.57 Å². The van der Waals surface area contributed by atoms with E-state index in [9.17, 15) is 19.0 Å². The molecule has 516 valence electrons. The average molecular weight is 1270 g/mol. The van der Waals surface area contributed by atoms with E-state index in [1.165, 1.54) is 167 Å². The number of quaternary nitrogens is 1. The Balaban J connectivity index is 3.98. The average Bonchev–Trinajstić information content (AvgIpc) is 3.58. The molecule has 2 unspecified atom stereocenters. The molecule has 0 saturated carbocycles. The predicted octanol–water partition coefficient (Wildman–Crippen LogP) is 24.4. The van der Waals surface area contributed by atoms with Gasteiger partial charge in [0, 0.05) is 12.8 Å². The van der Waals surface area contributed by atoms with Crippen LogP contribution >= 0.6 is 7.82 Å². The van der Waals surface area contributed by atoms with Crippen LogP contribution in [0.15, 0.2) is 134 Å². The number of allylic oxidation sites excluding steroid dienone is 22. The Morgan fingerprint density at radius 1 is 0.344 bits per heavy atom. The second-order valence-corrected chi connectivity index (χ2v) is 27.0. The molecule has 0 aliphatic carbocycles. The quantitative estimate of drug-likeness (QED) is 0.0211. The third-order valence-electron chi connectivity index (χ3n) is 15.7. The van der Waals surface area contributed by atoms with Gasteiger partial charge in [-0.2, -0.15) is 0 Å². The fourth-order valence-electron chi connectivity index (χ4n) is 10.1. The standard InChI is InChI=1S/C80H138NO8P/c1-6-8-10-12-14-16-18-20-22-24-26-28-30-32-33-34-35-36-37-38-39-40-41-42-43-44-45-46-47-49-50-52-54-56-58-60-62-64-66-68-70-72-79(82)86-76-78(77-88-90(84,85)87-75-74-81(3,4)5)89-80(83)73-71-69-67-65-63-61-59-57-55-53-51-48-31-29-27-25-23-21-19-17-15-13-11-9-7-2/h8-11,14-17,20-23,26-29,48,51,55,57,61,63,78H,6-7,12-13,18-19,24-25,30-47,49-50,52-54,56,58-60,62,64-77H2,1-5H3/p+1/b10-8-,11-9-,16-14-,17-15-,22-20-,23-21-,28-26-,29-27-,51-48-,57-55-,63-61-. The summed E-state index contributed by atoms with van der Waals surface area (Å²) in [6.07, 6.45) is 102. The highest BCUT2D eigenvalue weighted by Gasteiger charge is 2.27. The number of likely N-dealkylation sites (N-methyl/N-ethyl adjacent to an activating group) is 1. The molecule has 0 spiro atoms. The lowest BCUT2D eigenvalue weighted by Gasteiger charge is -2.24. The van der Waals surface area contributed by atoms with Crippen LogP contribution in [0, 0.1) is 0 Å². The highest BCUT2D eigenvalue weighted by atomic mass is 31.2. The molecule has 0 aromatic heterocycles. The van der Waals surface area contributed by atoms with E-state index in [1.807, 2.05) is 21.1 Å². The molecule has 9 nitrogen and oxygen atoms in total. The lowest BCUT2D eigenvalue weighted by atomic mass is 10.0. The minimum absolute atomic E-state index is 0.0200. The van der Waals surface area contributed by atoms with Crippen LogP contribution in [0.5, 0.6) is 0 Å². The first kappa shape index (κ1) is 86.2. The summed E-state index contributed by atoms with van der Waals surface area (Å²) in [6, 6.07) is 0. The van der Waals surface area contributed by atoms with Crippen LogP contribution in [-0.2, 0) is 32.7 Å². The Kier molecular flexibility index (Phi) is 66.5. The summed E-state index contributed by atoms with van der Waals surface area (Å²) in [5.74, 6) is -0.832. The minimum atomic E-state index is -4.41. The van der Waals surface area contributed by atoms with E-state index in [4.69, 9.17) is 18.5 Å². The first-order valence-electron chi connectivity index (χ1n) is 36.9. The molecule has 10 heteroatoms. The molecule has 0 aromatic carbocycles. The topological polar surface area (TPSA) is 108 Å². The largest absolute Gasteiger partial charge is 0.472 e. The van der Waals surface area contributed by atoms with Crippen molar-refractivity contribution in [3.05, 3.63) is 134 Å². The lowest BCUT2D eigenvalue weighted by Crippen LogP contribution is -2.37. The van der Waals surface area contributed by atoms with E-state index in [0.717, 1.165) is 109 Å². The SMILES string of the molecule is CC/C=C\C/C=C\C/C=C\C/C=C\C/C=C\C/C=C\C/C=C\CCCCCC(=O)OC(COC(=O)CCCCCCCCCCCCCCCCCCCCCCCCCCCCCC/C=C\C/C=C\C/C=C\C/C=C\CC)COP(=O)(O)OCC[N+](C)(C)C. The fourth-order valence-corrected chi connectivity index (χ4v) is 10.8. The zero-order valence-corrected chi connectivity index (χ0v) is 59.7. The van der Waals surface area contributed by atoms with Crippen molar-refractivity contribution in [3.63, 3.8) is 0 Å². The van der Waals surface area contributed by atoms with Crippen molar-refractivity contribution in [2.24, 2.45) is 0 Å². The Labute approximate surface area is 555 Å². The molecule has 0 aromatic rings. The summed E-state index contributed by atoms with van der Waals surface area (Å²) in [5.41, 5.74) is 0. The van der Waals surface area contributed by atoms with Crippen LogP contribution in [-0.4, -0.2) is 74.9 Å². The van der Waals surface area contributed by atoms with Crippen molar-refractivity contribution in [3.8, 4) is 0 Å². The maximum Gasteiger partial charge on any atom is 0.472 e. The van der Waals surface area contributed by atoms with E-state index < -0.39 is 26.5 Å². The van der Waals surface area contributed by atoms with Crippen molar-refractivity contribution in [2.45, 2.75) is 315 Å². The number of phosphoric acid groups is 1. The molecule has 0 aliphatic rings. The first-order valence-corrected chi connectivity index (χ1v) is 38.4. The van der Waals surface area contributed by atoms with Crippen LogP contribution in [0.25, 0.3) is 0 Å². The van der Waals surface area contributed by atoms with Crippen LogP contribution in [0.1, 0.15) is 309 Å². The molecule has 90 heavy (non-hydrogen) atoms. The van der Waals surface area contributed by atoms with Crippen molar-refractivity contribution in [1.29, 1.82) is 0 Å². The number of rotatable bonds is 67. The van der Waals surface area contributed by atoms with Crippen molar-refractivity contribution >= 4 is 19.8 Å². The molecule has 0 radical (unpaired) electrons. The van der Waals surface area contributed by atoms with Crippen LogP contribution < -0.4 is 0 Å². The predicted molar refractivity (Wildman–Crippen MR) is 390 cm³/mol. The van der Waals surface area contributed by atoms with Gasteiger partial charge in [0.1, 0.15) is 19.8 Å². The van der Waals surface area contributed by atoms with E-state index >= 15 is 0 Å². The Morgan fingerprint density at radius 3 is 0.900 bits per heavy atom. The maximum atomic E-state index is 12.9. The molecule has 0 amide bonds. The van der Waals surface area contributed by atoms with Crippen molar-refractivity contribution < 1.29 is 42.1 Å². The fraction of sp³-hybridized carbons (Fsp3) is 0.700. The van der Waals surface area contributed by atoms with Gasteiger partial charge in [-0.05, 0) is 109 Å². The smallest absolute Gasteiger partial charge is 0.462 e. The molecule has 0 rings (SSSR count). The number of hydrogen-bond acceptors (Lipinski definition) is 7. The number of hydrogen-bond donors (Lipinski definition) is 1. The number of phosphoric ester groups is 1. The van der Waals surface area contributed by atoms with E-state index in [0.29, 0.717) is 17.4 Å². The van der Waals surface area contributed by atoms with Crippen LogP contribution in [0.2, 0.25) is 0 Å². The Hall–Kier alpha value is -3.85. The monoisotopic (exact) mass is 1270 g/mol. The molecule has 0 saturated heterocycles. The number of esters is 2. The molecule has 0 bridgehead atoms. The van der Waals surface area contributed by atoms with Crippen LogP contribution in [0.4, 0.5) is 0 Å². The molecule has 0 fully saturated rings. The lowest BCUT2D eigenvalue weighted by molar-refractivity contribution is -0.870. The molecular formula is C80H139NO8P+. The summed E-state index contributed by atoms with van der Waals surface area (Å²) in [6.45, 7) is 4.18. The molecule has 0 aliphatic heterocycles. The van der Waals surface area contributed by atoms with Gasteiger partial charge in [-0.3, -0.25) is 18.6 Å². The van der Waals surface area contributed by atoms with Gasteiger partial charge < -0.3 is 18.9 Å². The highest BCUT2D eigenvalue weighted by molar-refractivity contribution is 7.47. The number of ether oxygens (including phenoxy) is 2. The second-order valence-electron chi connectivity index (χ2n) is 25.6. The van der Waals surface area contributed by atoms with Crippen molar-refractivity contribution in [1.82, 2.24) is 0 Å². The third kappa shape index (κ3) is 73.2. The third-order valence-corrected chi connectivity index (χ3v) is 16.7. The number of carbonyl (C=O) groups excluding carboxylic acids is 2. The summed E-state index contributed by atoms with van der Waals surface area (Å²) in [4.78, 5) is 35.9. The van der Waals surface area contributed by atoms with E-state index in [1.54, 1.807) is 0 Å². The second kappa shape index (κ2) is 69.5. The molecule has 2 atom stereocenters. The maximum absolute atomic E-state index is 12.9. The normalized spacial score (nSPS) is 13.9. The van der Waals surface area contributed by atoms with Gasteiger partial charge in [0.2, 0.25) is 0 Å². The first-order chi connectivity index (χ1) is 44.0. The molecule has 0 heterocycles. The zero-order valence-electron chi connectivity index (χ0n) is 58.8. The van der Waals surface area contributed by atoms with Gasteiger partial charge in [0.05, 0.1) is 27.7 Å². The zero-order chi connectivity index (χ0) is 65.5. The molecular weight excluding hydrogens is 1130 g/mol. The number of nitrogens with zero attached hydrogens (tertiary/aromatic N) is 1. The summed E-state index contributed by atoms with van der Waals surface area (Å²) >= 11 is 0. The Bertz CT molecular complexity index is 1980. The minimum Gasteiger partial charge on any atom is -0.462 e. The van der Waals surface area contributed by atoms with Crippen LogP contribution in [0.3, 0.4) is 0 Å². The van der Waals surface area contributed by atoms with Gasteiger partial charge in [-0.1, -0.05) is 321 Å². The van der Waals surface area contributed by atoms with Gasteiger partial charge in [-0.15, -0.1) is 0 Å². The van der Waals surface area contributed by atoms with E-state index in [2.05, 4.69) is 148 Å². The van der Waals surface area contributed by atoms with E-state index in [-0.39, 0.29) is 32.0 Å². The van der Waals surface area contributed by atoms with Gasteiger partial charge in [0.15, 0.2) is 6.10 Å². The van der Waals surface area contributed by atoms with Crippen molar-refractivity contribution in [2.75, 3.05) is 47.5 Å². The summed E-state index contributed by atoms with van der Waals surface area (Å²) in [5, 5.41) is 0.